The number of fused-ring (bicyclic) bond motifs is 1. The predicted octanol–water partition coefficient (Wildman–Crippen LogP) is 2.65. The minimum absolute atomic E-state index is 0.551. The van der Waals surface area contributed by atoms with E-state index in [1.165, 1.54) is 11.1 Å². The third kappa shape index (κ3) is 3.35. The first-order chi connectivity index (χ1) is 12.2. The molecule has 3 heterocycles. The zero-order valence-electron chi connectivity index (χ0n) is 14.7. The van der Waals surface area contributed by atoms with Crippen LogP contribution in [0.5, 0.6) is 0 Å². The fraction of sp³-hybridized carbons (Fsp3) is 0.421. The molecule has 1 fully saturated rings. The molecular formula is C19H23N5O. The molecule has 0 spiro atoms. The number of aryl methyl sites for hydroxylation is 1. The molecule has 1 aliphatic heterocycles. The first-order valence-electron chi connectivity index (χ1n) is 8.75. The largest absolute Gasteiger partial charge is 0.381 e. The van der Waals surface area contributed by atoms with Crippen molar-refractivity contribution >= 4 is 11.5 Å². The monoisotopic (exact) mass is 337 g/mol. The minimum atomic E-state index is 0.551. The predicted molar refractivity (Wildman–Crippen MR) is 96.7 cm³/mol. The molecule has 0 amide bonds. The molecule has 3 aromatic rings. The maximum Gasteiger partial charge on any atom is 0.181 e. The Bertz CT molecular complexity index is 855. The number of hydrogen-bond acceptors (Lipinski definition) is 5. The average molecular weight is 337 g/mol. The van der Waals surface area contributed by atoms with E-state index < -0.39 is 0 Å². The Morgan fingerprint density at radius 3 is 2.84 bits per heavy atom. The van der Waals surface area contributed by atoms with E-state index >= 15 is 0 Å². The van der Waals surface area contributed by atoms with Gasteiger partial charge >= 0.3 is 0 Å². The molecule has 130 valence electrons. The fourth-order valence-electron chi connectivity index (χ4n) is 3.36. The topological polar surface area (TPSA) is 55.6 Å². The number of benzene rings is 1. The van der Waals surface area contributed by atoms with Gasteiger partial charge in [0, 0.05) is 32.4 Å². The first-order valence-corrected chi connectivity index (χ1v) is 8.75. The third-order valence-corrected chi connectivity index (χ3v) is 4.78. The van der Waals surface area contributed by atoms with Crippen LogP contribution in [-0.4, -0.2) is 40.1 Å². The van der Waals surface area contributed by atoms with Gasteiger partial charge in [0.1, 0.15) is 5.82 Å². The van der Waals surface area contributed by atoms with E-state index in [0.717, 1.165) is 49.9 Å². The van der Waals surface area contributed by atoms with Crippen LogP contribution < -0.4 is 4.90 Å². The molecule has 0 radical (unpaired) electrons. The van der Waals surface area contributed by atoms with Gasteiger partial charge in [0.2, 0.25) is 0 Å². The van der Waals surface area contributed by atoms with Crippen molar-refractivity contribution in [3.05, 3.63) is 53.3 Å². The summed E-state index contributed by atoms with van der Waals surface area (Å²) in [6.07, 6.45) is 2.06. The highest BCUT2D eigenvalue weighted by molar-refractivity contribution is 5.53. The summed E-state index contributed by atoms with van der Waals surface area (Å²) in [5.41, 5.74) is 3.32. The van der Waals surface area contributed by atoms with Gasteiger partial charge in [-0.25, -0.2) is 0 Å². The standard InChI is InChI=1S/C19H23N5O/c1-14-20-21-19-17(10-16-8-9-25-13-16)11-18(22-24(14)19)23(2)12-15-6-4-3-5-7-15/h3-7,11,16H,8-10,12-13H2,1-2H3/t16-/m0/s1. The number of aromatic nitrogens is 4. The molecule has 1 saturated heterocycles. The van der Waals surface area contributed by atoms with Crippen molar-refractivity contribution in [2.75, 3.05) is 25.2 Å². The van der Waals surface area contributed by atoms with Gasteiger partial charge in [0.15, 0.2) is 11.5 Å². The molecule has 6 nitrogen and oxygen atoms in total. The second-order valence-corrected chi connectivity index (χ2v) is 6.79. The van der Waals surface area contributed by atoms with E-state index in [1.807, 2.05) is 17.5 Å². The average Bonchev–Trinajstić information content (AvgIpc) is 3.26. The van der Waals surface area contributed by atoms with Crippen LogP contribution in [0.25, 0.3) is 5.65 Å². The van der Waals surface area contributed by atoms with Gasteiger partial charge < -0.3 is 9.64 Å². The lowest BCUT2D eigenvalue weighted by molar-refractivity contribution is 0.186. The van der Waals surface area contributed by atoms with E-state index in [0.29, 0.717) is 5.92 Å². The lowest BCUT2D eigenvalue weighted by Gasteiger charge is -2.20. The summed E-state index contributed by atoms with van der Waals surface area (Å²) >= 11 is 0. The Labute approximate surface area is 147 Å². The van der Waals surface area contributed by atoms with Gasteiger partial charge in [0.05, 0.1) is 0 Å². The number of hydrogen-bond donors (Lipinski definition) is 0. The number of ether oxygens (including phenoxy) is 1. The number of rotatable bonds is 5. The molecule has 0 aliphatic carbocycles. The van der Waals surface area contributed by atoms with Crippen molar-refractivity contribution in [2.45, 2.75) is 26.3 Å². The maximum atomic E-state index is 5.53. The molecular weight excluding hydrogens is 314 g/mol. The Balaban J connectivity index is 1.67. The van der Waals surface area contributed by atoms with Crippen molar-refractivity contribution in [1.29, 1.82) is 0 Å². The number of nitrogens with zero attached hydrogens (tertiary/aromatic N) is 5. The van der Waals surface area contributed by atoms with Crippen LogP contribution in [-0.2, 0) is 17.7 Å². The summed E-state index contributed by atoms with van der Waals surface area (Å²) in [6, 6.07) is 12.6. The SMILES string of the molecule is Cc1nnc2c(C[C@@H]3CCOC3)cc(N(C)Cc3ccccc3)nn12. The molecule has 1 aliphatic rings. The second-order valence-electron chi connectivity index (χ2n) is 6.79. The van der Waals surface area contributed by atoms with Crippen molar-refractivity contribution in [3.8, 4) is 0 Å². The lowest BCUT2D eigenvalue weighted by atomic mass is 10.00. The van der Waals surface area contributed by atoms with Crippen LogP contribution >= 0.6 is 0 Å². The summed E-state index contributed by atoms with van der Waals surface area (Å²) in [5.74, 6) is 2.30. The molecule has 1 aromatic carbocycles. The van der Waals surface area contributed by atoms with Crippen LogP contribution in [0.3, 0.4) is 0 Å². The van der Waals surface area contributed by atoms with Crippen molar-refractivity contribution in [2.24, 2.45) is 5.92 Å². The van der Waals surface area contributed by atoms with E-state index in [2.05, 4.69) is 52.5 Å². The highest BCUT2D eigenvalue weighted by Gasteiger charge is 2.20. The molecule has 1 atom stereocenters. The highest BCUT2D eigenvalue weighted by atomic mass is 16.5. The first kappa shape index (κ1) is 16.0. The van der Waals surface area contributed by atoms with Crippen LogP contribution in [0.1, 0.15) is 23.4 Å². The summed E-state index contributed by atoms with van der Waals surface area (Å²) in [6.45, 7) is 4.44. The van der Waals surface area contributed by atoms with Crippen molar-refractivity contribution < 1.29 is 4.74 Å². The van der Waals surface area contributed by atoms with Crippen LogP contribution in [0, 0.1) is 12.8 Å². The van der Waals surface area contributed by atoms with Crippen LogP contribution in [0.2, 0.25) is 0 Å². The van der Waals surface area contributed by atoms with Crippen LogP contribution in [0.4, 0.5) is 5.82 Å². The molecule has 25 heavy (non-hydrogen) atoms. The maximum absolute atomic E-state index is 5.53. The molecule has 0 bridgehead atoms. The fourth-order valence-corrected chi connectivity index (χ4v) is 3.36. The summed E-state index contributed by atoms with van der Waals surface area (Å²) in [5, 5.41) is 13.3. The minimum Gasteiger partial charge on any atom is -0.381 e. The Morgan fingerprint density at radius 1 is 1.24 bits per heavy atom. The van der Waals surface area contributed by atoms with Gasteiger partial charge in [-0.2, -0.15) is 4.52 Å². The zero-order valence-corrected chi connectivity index (χ0v) is 14.7. The molecule has 0 unspecified atom stereocenters. The molecule has 4 rings (SSSR count). The third-order valence-electron chi connectivity index (χ3n) is 4.78. The zero-order chi connectivity index (χ0) is 17.2. The summed E-state index contributed by atoms with van der Waals surface area (Å²) in [4.78, 5) is 2.17. The van der Waals surface area contributed by atoms with Crippen molar-refractivity contribution in [3.63, 3.8) is 0 Å². The molecule has 0 saturated carbocycles. The van der Waals surface area contributed by atoms with Gasteiger partial charge in [-0.05, 0) is 37.3 Å². The lowest BCUT2D eigenvalue weighted by Crippen LogP contribution is -2.20. The van der Waals surface area contributed by atoms with E-state index in [9.17, 15) is 0 Å². The Morgan fingerprint density at radius 2 is 2.08 bits per heavy atom. The van der Waals surface area contributed by atoms with E-state index in [-0.39, 0.29) is 0 Å². The van der Waals surface area contributed by atoms with Crippen LogP contribution in [0.15, 0.2) is 36.4 Å². The van der Waals surface area contributed by atoms with E-state index in [1.54, 1.807) is 0 Å². The van der Waals surface area contributed by atoms with Gasteiger partial charge in [-0.15, -0.1) is 15.3 Å². The van der Waals surface area contributed by atoms with Gasteiger partial charge in [-0.1, -0.05) is 30.3 Å². The molecule has 2 aromatic heterocycles. The summed E-state index contributed by atoms with van der Waals surface area (Å²) in [7, 11) is 2.07. The smallest absolute Gasteiger partial charge is 0.181 e. The van der Waals surface area contributed by atoms with E-state index in [4.69, 9.17) is 9.84 Å². The quantitative estimate of drug-likeness (QED) is 0.716. The summed E-state index contributed by atoms with van der Waals surface area (Å²) < 4.78 is 7.40. The van der Waals surface area contributed by atoms with Gasteiger partial charge in [-0.3, -0.25) is 0 Å². The normalized spacial score (nSPS) is 17.3. The highest BCUT2D eigenvalue weighted by Crippen LogP contribution is 2.24. The Kier molecular flexibility index (Phi) is 4.36. The molecule has 6 heteroatoms. The van der Waals surface area contributed by atoms with Crippen molar-refractivity contribution in [1.82, 2.24) is 19.8 Å². The Hall–Kier alpha value is -2.47. The van der Waals surface area contributed by atoms with Gasteiger partial charge in [0.25, 0.3) is 0 Å². The molecule has 0 N–H and O–H groups in total. The number of anilines is 1. The second kappa shape index (κ2) is 6.80.